The highest BCUT2D eigenvalue weighted by Crippen LogP contribution is 2.21. The van der Waals surface area contributed by atoms with E-state index in [0.717, 1.165) is 11.4 Å². The summed E-state index contributed by atoms with van der Waals surface area (Å²) in [7, 11) is 0. The van der Waals surface area contributed by atoms with Crippen LogP contribution in [-0.2, 0) is 4.79 Å². The molecule has 0 aliphatic carbocycles. The first-order valence-corrected chi connectivity index (χ1v) is 7.11. The van der Waals surface area contributed by atoms with Crippen LogP contribution in [0.25, 0.3) is 0 Å². The second-order valence-electron chi connectivity index (χ2n) is 4.29. The Labute approximate surface area is 106 Å². The first-order valence-electron chi connectivity index (χ1n) is 5.96. The van der Waals surface area contributed by atoms with Gasteiger partial charge in [-0.15, -0.1) is 0 Å². The lowest BCUT2D eigenvalue weighted by Crippen LogP contribution is -2.24. The van der Waals surface area contributed by atoms with E-state index in [1.165, 1.54) is 31.3 Å². The van der Waals surface area contributed by atoms with Gasteiger partial charge in [0, 0.05) is 24.3 Å². The minimum absolute atomic E-state index is 0.0324. The number of nitrogens with one attached hydrogen (secondary N) is 2. The summed E-state index contributed by atoms with van der Waals surface area (Å²) in [6, 6.07) is 8.51. The zero-order chi connectivity index (χ0) is 12.1. The molecule has 0 radical (unpaired) electrons. The van der Waals surface area contributed by atoms with Crippen molar-refractivity contribution in [2.75, 3.05) is 22.1 Å². The maximum absolute atomic E-state index is 10.9. The van der Waals surface area contributed by atoms with Crippen molar-refractivity contribution in [2.24, 2.45) is 0 Å². The zero-order valence-corrected chi connectivity index (χ0v) is 10.8. The Morgan fingerprint density at radius 1 is 1.18 bits per heavy atom. The quantitative estimate of drug-likeness (QED) is 0.866. The third kappa shape index (κ3) is 3.97. The molecule has 0 aromatic heterocycles. The van der Waals surface area contributed by atoms with Crippen LogP contribution in [0.2, 0.25) is 0 Å². The minimum Gasteiger partial charge on any atom is -0.382 e. The van der Waals surface area contributed by atoms with Crippen LogP contribution in [0, 0.1) is 0 Å². The molecule has 0 spiro atoms. The van der Waals surface area contributed by atoms with Gasteiger partial charge in [-0.3, -0.25) is 4.79 Å². The molecule has 3 nitrogen and oxygen atoms in total. The lowest BCUT2D eigenvalue weighted by atomic mass is 10.1. The molecule has 17 heavy (non-hydrogen) atoms. The van der Waals surface area contributed by atoms with Gasteiger partial charge in [0.25, 0.3) is 0 Å². The van der Waals surface area contributed by atoms with Crippen molar-refractivity contribution < 1.29 is 4.79 Å². The number of thioether (sulfide) groups is 1. The number of carbonyl (C=O) groups is 1. The summed E-state index contributed by atoms with van der Waals surface area (Å²) in [6.07, 6.45) is 2.47. The highest BCUT2D eigenvalue weighted by atomic mass is 32.2. The Hall–Kier alpha value is -1.16. The fourth-order valence-corrected chi connectivity index (χ4v) is 3.04. The molecule has 2 rings (SSSR count). The van der Waals surface area contributed by atoms with Crippen LogP contribution in [0.3, 0.4) is 0 Å². The Morgan fingerprint density at radius 3 is 2.35 bits per heavy atom. The maximum Gasteiger partial charge on any atom is 0.221 e. The van der Waals surface area contributed by atoms with Gasteiger partial charge >= 0.3 is 0 Å². The number of hydrogen-bond donors (Lipinski definition) is 2. The molecule has 1 fully saturated rings. The summed E-state index contributed by atoms with van der Waals surface area (Å²) >= 11 is 2.03. The summed E-state index contributed by atoms with van der Waals surface area (Å²) in [5.74, 6) is 2.47. The number of rotatable bonds is 3. The summed E-state index contributed by atoms with van der Waals surface area (Å²) in [5.41, 5.74) is 1.98. The molecule has 4 heteroatoms. The molecule has 0 unspecified atom stereocenters. The smallest absolute Gasteiger partial charge is 0.221 e. The second kappa shape index (κ2) is 5.96. The molecule has 1 saturated heterocycles. The van der Waals surface area contributed by atoms with Gasteiger partial charge in [0.15, 0.2) is 0 Å². The van der Waals surface area contributed by atoms with Crippen molar-refractivity contribution in [1.29, 1.82) is 0 Å². The lowest BCUT2D eigenvalue weighted by Gasteiger charge is -2.23. The van der Waals surface area contributed by atoms with Gasteiger partial charge in [0.05, 0.1) is 0 Å². The van der Waals surface area contributed by atoms with Crippen LogP contribution in [0.5, 0.6) is 0 Å². The average Bonchev–Trinajstić information content (AvgIpc) is 2.32. The fraction of sp³-hybridized carbons (Fsp3) is 0.462. The SMILES string of the molecule is CC(=O)Nc1ccc(NC2CCSCC2)cc1. The van der Waals surface area contributed by atoms with Crippen molar-refractivity contribution in [3.63, 3.8) is 0 Å². The molecule has 1 aromatic carbocycles. The summed E-state index contributed by atoms with van der Waals surface area (Å²) in [5, 5.41) is 6.30. The summed E-state index contributed by atoms with van der Waals surface area (Å²) in [4.78, 5) is 10.9. The zero-order valence-electron chi connectivity index (χ0n) is 10.0. The topological polar surface area (TPSA) is 41.1 Å². The van der Waals surface area contributed by atoms with E-state index in [1.54, 1.807) is 0 Å². The van der Waals surface area contributed by atoms with Gasteiger partial charge in [-0.1, -0.05) is 0 Å². The fourth-order valence-electron chi connectivity index (χ4n) is 1.93. The van der Waals surface area contributed by atoms with Gasteiger partial charge in [0.2, 0.25) is 5.91 Å². The average molecular weight is 250 g/mol. The monoisotopic (exact) mass is 250 g/mol. The van der Waals surface area contributed by atoms with Crippen molar-refractivity contribution in [2.45, 2.75) is 25.8 Å². The van der Waals surface area contributed by atoms with E-state index in [1.807, 2.05) is 36.0 Å². The van der Waals surface area contributed by atoms with E-state index >= 15 is 0 Å². The number of carbonyl (C=O) groups excluding carboxylic acids is 1. The first-order chi connectivity index (χ1) is 8.24. The molecule has 1 aromatic rings. The van der Waals surface area contributed by atoms with Crippen molar-refractivity contribution >= 4 is 29.0 Å². The number of amides is 1. The molecule has 1 aliphatic rings. The molecule has 0 atom stereocenters. The van der Waals surface area contributed by atoms with Gasteiger partial charge in [-0.2, -0.15) is 11.8 Å². The van der Waals surface area contributed by atoms with Gasteiger partial charge in [-0.25, -0.2) is 0 Å². The summed E-state index contributed by atoms with van der Waals surface area (Å²) < 4.78 is 0. The molecule has 1 aliphatic heterocycles. The largest absolute Gasteiger partial charge is 0.382 e. The van der Waals surface area contributed by atoms with Crippen molar-refractivity contribution in [3.8, 4) is 0 Å². The second-order valence-corrected chi connectivity index (χ2v) is 5.51. The van der Waals surface area contributed by atoms with Crippen LogP contribution in [0.15, 0.2) is 24.3 Å². The van der Waals surface area contributed by atoms with Gasteiger partial charge < -0.3 is 10.6 Å². The molecule has 1 heterocycles. The van der Waals surface area contributed by atoms with Gasteiger partial charge in [0.1, 0.15) is 0 Å². The maximum atomic E-state index is 10.9. The van der Waals surface area contributed by atoms with E-state index in [0.29, 0.717) is 6.04 Å². The number of anilines is 2. The highest BCUT2D eigenvalue weighted by molar-refractivity contribution is 7.99. The van der Waals surface area contributed by atoms with Crippen LogP contribution >= 0.6 is 11.8 Å². The van der Waals surface area contributed by atoms with E-state index in [9.17, 15) is 4.79 Å². The van der Waals surface area contributed by atoms with Crippen LogP contribution in [0.1, 0.15) is 19.8 Å². The minimum atomic E-state index is -0.0324. The Kier molecular flexibility index (Phi) is 4.31. The van der Waals surface area contributed by atoms with Crippen LogP contribution in [-0.4, -0.2) is 23.5 Å². The Balaban J connectivity index is 1.90. The number of hydrogen-bond acceptors (Lipinski definition) is 3. The molecule has 0 bridgehead atoms. The lowest BCUT2D eigenvalue weighted by molar-refractivity contribution is -0.114. The van der Waals surface area contributed by atoms with Crippen LogP contribution < -0.4 is 10.6 Å². The number of benzene rings is 1. The van der Waals surface area contributed by atoms with Crippen LogP contribution in [0.4, 0.5) is 11.4 Å². The van der Waals surface area contributed by atoms with E-state index in [2.05, 4.69) is 10.6 Å². The Bertz CT molecular complexity index is 372. The standard InChI is InChI=1S/C13H18N2OS/c1-10(16)14-11-2-4-12(5-3-11)15-13-6-8-17-9-7-13/h2-5,13,15H,6-9H2,1H3,(H,14,16). The highest BCUT2D eigenvalue weighted by Gasteiger charge is 2.12. The molecule has 2 N–H and O–H groups in total. The van der Waals surface area contributed by atoms with Gasteiger partial charge in [-0.05, 0) is 48.6 Å². The van der Waals surface area contributed by atoms with E-state index in [-0.39, 0.29) is 5.91 Å². The third-order valence-corrected chi connectivity index (χ3v) is 3.85. The van der Waals surface area contributed by atoms with Crippen molar-refractivity contribution in [3.05, 3.63) is 24.3 Å². The summed E-state index contributed by atoms with van der Waals surface area (Å²) in [6.45, 7) is 1.52. The normalized spacial score (nSPS) is 16.5. The van der Waals surface area contributed by atoms with E-state index in [4.69, 9.17) is 0 Å². The molecule has 1 amide bonds. The Morgan fingerprint density at radius 2 is 1.76 bits per heavy atom. The molecular weight excluding hydrogens is 232 g/mol. The van der Waals surface area contributed by atoms with Crippen molar-refractivity contribution in [1.82, 2.24) is 0 Å². The predicted octanol–water partition coefficient (Wildman–Crippen LogP) is 2.95. The predicted molar refractivity (Wildman–Crippen MR) is 74.7 cm³/mol. The molecule has 92 valence electrons. The molecular formula is C13H18N2OS. The first kappa shape index (κ1) is 12.3. The van der Waals surface area contributed by atoms with E-state index < -0.39 is 0 Å². The molecule has 0 saturated carbocycles. The third-order valence-electron chi connectivity index (χ3n) is 2.80.